The van der Waals surface area contributed by atoms with Crippen LogP contribution in [0.2, 0.25) is 0 Å². The molecule has 5 nitrogen and oxygen atoms in total. The predicted molar refractivity (Wildman–Crippen MR) is 87.7 cm³/mol. The molecular weight excluding hydrogens is 262 g/mol. The fraction of sp³-hybridized carbons (Fsp3) is 0.625. The Bertz CT molecular complexity index is 605. The molecule has 116 valence electrons. The molecule has 0 aliphatic carbocycles. The van der Waals surface area contributed by atoms with E-state index in [1.54, 1.807) is 6.20 Å². The Morgan fingerprint density at radius 3 is 2.48 bits per heavy atom. The Morgan fingerprint density at radius 1 is 1.24 bits per heavy atom. The molecule has 2 aromatic heterocycles. The van der Waals surface area contributed by atoms with Crippen LogP contribution in [0.3, 0.4) is 0 Å². The third kappa shape index (κ3) is 3.35. The van der Waals surface area contributed by atoms with Crippen molar-refractivity contribution in [3.63, 3.8) is 0 Å². The molecule has 0 unspecified atom stereocenters. The molecule has 0 saturated carbocycles. The van der Waals surface area contributed by atoms with Crippen molar-refractivity contribution in [1.82, 2.24) is 14.6 Å². The number of nitrogens with zero attached hydrogens (tertiary/aromatic N) is 3. The maximum Gasteiger partial charge on any atom is 0.152 e. The summed E-state index contributed by atoms with van der Waals surface area (Å²) in [7, 11) is 0. The lowest BCUT2D eigenvalue weighted by atomic mass is 9.92. The van der Waals surface area contributed by atoms with E-state index in [0.717, 1.165) is 29.9 Å². The average molecular weight is 289 g/mol. The van der Waals surface area contributed by atoms with E-state index >= 15 is 0 Å². The molecule has 0 bridgehead atoms. The van der Waals surface area contributed by atoms with Crippen LogP contribution in [0.25, 0.3) is 5.52 Å². The molecule has 2 rings (SSSR count). The summed E-state index contributed by atoms with van der Waals surface area (Å²) in [5.41, 5.74) is 8.23. The average Bonchev–Trinajstić information content (AvgIpc) is 2.89. The maximum absolute atomic E-state index is 6.35. The first-order valence-corrected chi connectivity index (χ1v) is 7.67. The van der Waals surface area contributed by atoms with Gasteiger partial charge in [-0.15, -0.1) is 0 Å². The largest absolute Gasteiger partial charge is 0.366 e. The molecular formula is C16H27N5. The number of fused-ring (bicyclic) bond motifs is 1. The fourth-order valence-corrected chi connectivity index (χ4v) is 2.18. The second-order valence-corrected chi connectivity index (χ2v) is 6.81. The number of hydrogen-bond acceptors (Lipinski definition) is 4. The van der Waals surface area contributed by atoms with Crippen LogP contribution in [0.4, 0.5) is 5.82 Å². The van der Waals surface area contributed by atoms with Crippen LogP contribution in [0.15, 0.2) is 18.5 Å². The lowest BCUT2D eigenvalue weighted by Gasteiger charge is -2.27. The number of aromatic nitrogens is 3. The topological polar surface area (TPSA) is 68.2 Å². The number of nitrogens with two attached hydrogens (primary N) is 1. The minimum atomic E-state index is -0.193. The van der Waals surface area contributed by atoms with Gasteiger partial charge in [-0.1, -0.05) is 34.6 Å². The molecule has 21 heavy (non-hydrogen) atoms. The van der Waals surface area contributed by atoms with Crippen molar-refractivity contribution in [2.75, 3.05) is 11.9 Å². The molecule has 0 fully saturated rings. The number of rotatable bonds is 5. The van der Waals surface area contributed by atoms with Gasteiger partial charge < -0.3 is 11.1 Å². The summed E-state index contributed by atoms with van der Waals surface area (Å²) in [4.78, 5) is 4.45. The van der Waals surface area contributed by atoms with Gasteiger partial charge in [-0.2, -0.15) is 5.10 Å². The van der Waals surface area contributed by atoms with Gasteiger partial charge in [0.05, 0.1) is 5.69 Å². The van der Waals surface area contributed by atoms with E-state index in [1.807, 2.05) is 10.7 Å². The van der Waals surface area contributed by atoms with Gasteiger partial charge in [0.1, 0.15) is 5.52 Å². The van der Waals surface area contributed by atoms with Gasteiger partial charge in [0.2, 0.25) is 0 Å². The molecule has 0 saturated heterocycles. The second-order valence-electron chi connectivity index (χ2n) is 6.81. The molecule has 3 N–H and O–H groups in total. The van der Waals surface area contributed by atoms with E-state index in [0.29, 0.717) is 6.54 Å². The van der Waals surface area contributed by atoms with E-state index in [9.17, 15) is 0 Å². The van der Waals surface area contributed by atoms with E-state index < -0.39 is 0 Å². The monoisotopic (exact) mass is 289 g/mol. The predicted octanol–water partition coefficient (Wildman–Crippen LogP) is 2.96. The van der Waals surface area contributed by atoms with Crippen LogP contribution in [-0.4, -0.2) is 26.7 Å². The minimum absolute atomic E-state index is 0.0216. The Balaban J connectivity index is 2.30. The van der Waals surface area contributed by atoms with Crippen molar-refractivity contribution in [2.45, 2.75) is 58.4 Å². The Labute approximate surface area is 126 Å². The van der Waals surface area contributed by atoms with Crippen LogP contribution in [0.5, 0.6) is 0 Å². The number of hydrogen-bond donors (Lipinski definition) is 2. The van der Waals surface area contributed by atoms with Crippen LogP contribution in [0.1, 0.15) is 53.2 Å². The summed E-state index contributed by atoms with van der Waals surface area (Å²) < 4.78 is 1.88. The van der Waals surface area contributed by atoms with Crippen LogP contribution in [-0.2, 0) is 5.41 Å². The van der Waals surface area contributed by atoms with Crippen molar-refractivity contribution in [3.05, 3.63) is 24.2 Å². The third-order valence-corrected chi connectivity index (χ3v) is 4.17. The molecule has 0 atom stereocenters. The van der Waals surface area contributed by atoms with Crippen molar-refractivity contribution < 1.29 is 0 Å². The first kappa shape index (κ1) is 15.8. The van der Waals surface area contributed by atoms with E-state index in [4.69, 9.17) is 5.73 Å². The molecule has 0 aromatic carbocycles. The zero-order valence-electron chi connectivity index (χ0n) is 13.8. The van der Waals surface area contributed by atoms with Crippen LogP contribution >= 0.6 is 0 Å². The van der Waals surface area contributed by atoms with Gasteiger partial charge in [0, 0.05) is 29.9 Å². The van der Waals surface area contributed by atoms with Crippen molar-refractivity contribution in [1.29, 1.82) is 0 Å². The van der Waals surface area contributed by atoms with Crippen molar-refractivity contribution >= 4 is 11.3 Å². The zero-order valence-corrected chi connectivity index (χ0v) is 13.8. The molecule has 2 aromatic rings. The highest BCUT2D eigenvalue weighted by Crippen LogP contribution is 2.25. The first-order chi connectivity index (χ1) is 9.79. The summed E-state index contributed by atoms with van der Waals surface area (Å²) in [6, 6.07) is 2.10. The molecule has 2 heterocycles. The summed E-state index contributed by atoms with van der Waals surface area (Å²) >= 11 is 0. The smallest absolute Gasteiger partial charge is 0.152 e. The van der Waals surface area contributed by atoms with Gasteiger partial charge in [-0.05, 0) is 18.9 Å². The third-order valence-electron chi connectivity index (χ3n) is 4.17. The molecule has 0 radical (unpaired) electrons. The summed E-state index contributed by atoms with van der Waals surface area (Å²) in [6.07, 6.45) is 5.52. The summed E-state index contributed by atoms with van der Waals surface area (Å²) in [5, 5.41) is 8.03. The minimum Gasteiger partial charge on any atom is -0.366 e. The fourth-order valence-electron chi connectivity index (χ4n) is 2.18. The summed E-state index contributed by atoms with van der Waals surface area (Å²) in [6.45, 7) is 11.4. The van der Waals surface area contributed by atoms with E-state index in [-0.39, 0.29) is 11.0 Å². The molecule has 5 heteroatoms. The SMILES string of the molecule is CCC(N)(CC)CNc1nccn2nc(C(C)(C)C)cc12. The number of nitrogens with one attached hydrogen (secondary N) is 1. The Hall–Kier alpha value is -1.62. The molecule has 0 aliphatic heterocycles. The Morgan fingerprint density at radius 2 is 1.90 bits per heavy atom. The lowest BCUT2D eigenvalue weighted by Crippen LogP contribution is -2.45. The summed E-state index contributed by atoms with van der Waals surface area (Å²) in [5.74, 6) is 0.845. The van der Waals surface area contributed by atoms with Gasteiger partial charge in [0.25, 0.3) is 0 Å². The van der Waals surface area contributed by atoms with Gasteiger partial charge in [0.15, 0.2) is 5.82 Å². The van der Waals surface area contributed by atoms with Gasteiger partial charge >= 0.3 is 0 Å². The van der Waals surface area contributed by atoms with Crippen molar-refractivity contribution in [3.8, 4) is 0 Å². The zero-order chi connectivity index (χ0) is 15.7. The standard InChI is InChI=1S/C16H27N5/c1-6-16(17,7-2)11-19-14-12-10-13(15(3,4)5)20-21(12)9-8-18-14/h8-10H,6-7,11,17H2,1-5H3,(H,18,19). The van der Waals surface area contributed by atoms with Gasteiger partial charge in [-0.3, -0.25) is 0 Å². The van der Waals surface area contributed by atoms with Crippen LogP contribution in [0, 0.1) is 0 Å². The molecule has 0 aliphatic rings. The molecule has 0 spiro atoms. The highest BCUT2D eigenvalue weighted by Gasteiger charge is 2.22. The van der Waals surface area contributed by atoms with Crippen LogP contribution < -0.4 is 11.1 Å². The Kier molecular flexibility index (Phi) is 4.23. The maximum atomic E-state index is 6.35. The quantitative estimate of drug-likeness (QED) is 0.888. The van der Waals surface area contributed by atoms with E-state index in [1.165, 1.54) is 0 Å². The van der Waals surface area contributed by atoms with Gasteiger partial charge in [-0.25, -0.2) is 9.50 Å². The van der Waals surface area contributed by atoms with Crippen molar-refractivity contribution in [2.24, 2.45) is 5.73 Å². The normalized spacial score (nSPS) is 12.9. The molecule has 0 amide bonds. The first-order valence-electron chi connectivity index (χ1n) is 7.67. The lowest BCUT2D eigenvalue weighted by molar-refractivity contribution is 0.418. The highest BCUT2D eigenvalue weighted by molar-refractivity contribution is 5.68. The highest BCUT2D eigenvalue weighted by atomic mass is 15.2. The van der Waals surface area contributed by atoms with E-state index in [2.05, 4.69) is 56.1 Å². The second kappa shape index (κ2) is 5.64. The number of anilines is 1.